The van der Waals surface area contributed by atoms with Crippen LogP contribution in [-0.4, -0.2) is 41.0 Å². The Labute approximate surface area is 215 Å². The highest BCUT2D eigenvalue weighted by Gasteiger charge is 2.34. The van der Waals surface area contributed by atoms with Gasteiger partial charge in [-0.3, -0.25) is 4.40 Å². The Morgan fingerprint density at radius 2 is 1.87 bits per heavy atom. The average molecular weight is 521 g/mol. The number of alkyl halides is 3. The van der Waals surface area contributed by atoms with Crippen molar-refractivity contribution in [2.75, 3.05) is 12.4 Å². The smallest absolute Gasteiger partial charge is 0.434 e. The number of methoxy groups -OCH3 is 1. The van der Waals surface area contributed by atoms with E-state index in [0.29, 0.717) is 41.2 Å². The molecule has 0 bridgehead atoms. The molecule has 4 aromatic heterocycles. The van der Waals surface area contributed by atoms with Crippen molar-refractivity contribution in [1.82, 2.24) is 33.9 Å². The third-order valence-corrected chi connectivity index (χ3v) is 6.47. The highest BCUT2D eigenvalue weighted by atomic mass is 19.4. The number of ether oxygens (including phenoxy) is 1. The molecule has 0 aliphatic heterocycles. The first-order chi connectivity index (χ1) is 18.3. The van der Waals surface area contributed by atoms with E-state index in [-0.39, 0.29) is 5.82 Å². The van der Waals surface area contributed by atoms with Gasteiger partial charge in [0, 0.05) is 49.7 Å². The van der Waals surface area contributed by atoms with Gasteiger partial charge >= 0.3 is 6.18 Å². The van der Waals surface area contributed by atoms with Crippen LogP contribution < -0.4 is 10.1 Å². The summed E-state index contributed by atoms with van der Waals surface area (Å²) in [5, 5.41) is 3.36. The van der Waals surface area contributed by atoms with Crippen molar-refractivity contribution in [3.8, 4) is 28.5 Å². The number of fused-ring (bicyclic) bond motifs is 1. The number of halogens is 3. The largest absolute Gasteiger partial charge is 0.480 e. The van der Waals surface area contributed by atoms with Gasteiger partial charge in [-0.15, -0.1) is 0 Å². The fourth-order valence-electron chi connectivity index (χ4n) is 4.44. The van der Waals surface area contributed by atoms with Crippen LogP contribution in [0.2, 0.25) is 0 Å². The summed E-state index contributed by atoms with van der Waals surface area (Å²) >= 11 is 0. The zero-order chi connectivity index (χ0) is 26.4. The SMILES string of the molecule is COc1ncnc(C2CC2)c1-c1cc2nccn2c(NCc2ccc(-c3nc(C(F)(F)F)cn3C)cc2)n1. The number of aromatic nitrogens is 7. The van der Waals surface area contributed by atoms with Crippen LogP contribution in [0.3, 0.4) is 0 Å². The fraction of sp³-hybridized carbons (Fsp3) is 0.269. The van der Waals surface area contributed by atoms with E-state index in [1.165, 1.54) is 10.9 Å². The summed E-state index contributed by atoms with van der Waals surface area (Å²) in [5.74, 6) is 1.65. The second-order valence-corrected chi connectivity index (χ2v) is 9.15. The number of anilines is 1. The van der Waals surface area contributed by atoms with Crippen LogP contribution in [0.4, 0.5) is 19.1 Å². The molecule has 194 valence electrons. The monoisotopic (exact) mass is 520 g/mol. The predicted octanol–water partition coefficient (Wildman–Crippen LogP) is 5.10. The predicted molar refractivity (Wildman–Crippen MR) is 134 cm³/mol. The Hall–Kier alpha value is -4.48. The van der Waals surface area contributed by atoms with Gasteiger partial charge < -0.3 is 14.6 Å². The first-order valence-corrected chi connectivity index (χ1v) is 12.0. The molecule has 0 spiro atoms. The van der Waals surface area contributed by atoms with E-state index in [2.05, 4.69) is 25.3 Å². The maximum atomic E-state index is 13.0. The summed E-state index contributed by atoms with van der Waals surface area (Å²) < 4.78 is 47.9. The van der Waals surface area contributed by atoms with Crippen LogP contribution >= 0.6 is 0 Å². The molecule has 1 N–H and O–H groups in total. The van der Waals surface area contributed by atoms with E-state index in [1.54, 1.807) is 32.5 Å². The van der Waals surface area contributed by atoms with Gasteiger partial charge in [0.25, 0.3) is 0 Å². The molecule has 0 saturated heterocycles. The van der Waals surface area contributed by atoms with Crippen molar-refractivity contribution in [3.63, 3.8) is 0 Å². The molecule has 0 unspecified atom stereocenters. The van der Waals surface area contributed by atoms with E-state index < -0.39 is 11.9 Å². The van der Waals surface area contributed by atoms with E-state index in [9.17, 15) is 13.2 Å². The molecule has 1 saturated carbocycles. The summed E-state index contributed by atoms with van der Waals surface area (Å²) in [6.07, 6.45) is 3.66. The van der Waals surface area contributed by atoms with Gasteiger partial charge in [0.15, 0.2) is 5.69 Å². The van der Waals surface area contributed by atoms with Gasteiger partial charge in [0.2, 0.25) is 11.8 Å². The number of hydrogen-bond acceptors (Lipinski definition) is 7. The molecule has 5 aromatic rings. The van der Waals surface area contributed by atoms with Crippen molar-refractivity contribution < 1.29 is 17.9 Å². The molecule has 4 heterocycles. The molecule has 1 aliphatic rings. The van der Waals surface area contributed by atoms with E-state index in [0.717, 1.165) is 35.9 Å². The highest BCUT2D eigenvalue weighted by Crippen LogP contribution is 2.45. The van der Waals surface area contributed by atoms with Crippen LogP contribution in [0, 0.1) is 0 Å². The van der Waals surface area contributed by atoms with Gasteiger partial charge in [-0.2, -0.15) is 13.2 Å². The summed E-state index contributed by atoms with van der Waals surface area (Å²) in [6, 6.07) is 9.08. The molecule has 38 heavy (non-hydrogen) atoms. The highest BCUT2D eigenvalue weighted by molar-refractivity contribution is 5.73. The average Bonchev–Trinajstić information content (AvgIpc) is 3.51. The first kappa shape index (κ1) is 23.9. The number of hydrogen-bond donors (Lipinski definition) is 1. The zero-order valence-electron chi connectivity index (χ0n) is 20.6. The molecule has 0 radical (unpaired) electrons. The van der Waals surface area contributed by atoms with Crippen molar-refractivity contribution in [2.45, 2.75) is 31.5 Å². The lowest BCUT2D eigenvalue weighted by molar-refractivity contribution is -0.140. The van der Waals surface area contributed by atoms with Gasteiger partial charge in [-0.05, 0) is 18.4 Å². The molecule has 9 nitrogen and oxygen atoms in total. The van der Waals surface area contributed by atoms with Gasteiger partial charge in [-0.25, -0.2) is 24.9 Å². The number of imidazole rings is 2. The standard InChI is InChI=1S/C26H23F3N8O/c1-36-13-19(26(27,28)29)35-23(36)17-5-3-15(4-6-17)12-31-25-34-18(11-20-30-9-10-37(20)25)21-22(16-7-8-16)32-14-33-24(21)38-2/h3-6,9-11,13-14,16H,7-8,12H2,1-2H3,(H,31,34). The number of aryl methyl sites for hydroxylation is 1. The normalized spacial score (nSPS) is 13.7. The molecule has 1 aliphatic carbocycles. The van der Waals surface area contributed by atoms with Gasteiger partial charge in [0.1, 0.15) is 17.8 Å². The summed E-state index contributed by atoms with van der Waals surface area (Å²) in [5.41, 5.74) is 3.65. The molecule has 6 rings (SSSR count). The second kappa shape index (κ2) is 9.12. The summed E-state index contributed by atoms with van der Waals surface area (Å²) in [6.45, 7) is 0.427. The van der Waals surface area contributed by atoms with Gasteiger partial charge in [-0.1, -0.05) is 24.3 Å². The lowest BCUT2D eigenvalue weighted by Gasteiger charge is -2.14. The fourth-order valence-corrected chi connectivity index (χ4v) is 4.44. The number of nitrogens with one attached hydrogen (secondary N) is 1. The van der Waals surface area contributed by atoms with Gasteiger partial charge in [0.05, 0.1) is 24.1 Å². The van der Waals surface area contributed by atoms with E-state index in [4.69, 9.17) is 9.72 Å². The van der Waals surface area contributed by atoms with E-state index >= 15 is 0 Å². The summed E-state index contributed by atoms with van der Waals surface area (Å²) in [4.78, 5) is 21.9. The Kier molecular flexibility index (Phi) is 5.73. The van der Waals surface area contributed by atoms with Crippen LogP contribution in [0.15, 0.2) is 55.2 Å². The minimum atomic E-state index is -4.49. The Morgan fingerprint density at radius 3 is 2.55 bits per heavy atom. The number of rotatable bonds is 7. The first-order valence-electron chi connectivity index (χ1n) is 12.0. The molecular formula is C26H23F3N8O. The molecule has 0 atom stereocenters. The van der Waals surface area contributed by atoms with Crippen molar-refractivity contribution in [1.29, 1.82) is 0 Å². The minimum absolute atomic E-state index is 0.247. The molecule has 12 heteroatoms. The Balaban J connectivity index is 1.28. The maximum absolute atomic E-state index is 13.0. The maximum Gasteiger partial charge on any atom is 0.434 e. The third-order valence-electron chi connectivity index (χ3n) is 6.47. The van der Waals surface area contributed by atoms with Crippen LogP contribution in [-0.2, 0) is 19.8 Å². The molecule has 1 fully saturated rings. The molecule has 1 aromatic carbocycles. The summed E-state index contributed by atoms with van der Waals surface area (Å²) in [7, 11) is 3.12. The quantitative estimate of drug-likeness (QED) is 0.319. The van der Waals surface area contributed by atoms with E-state index in [1.807, 2.05) is 28.8 Å². The topological polar surface area (TPSA) is 95.0 Å². The number of benzene rings is 1. The van der Waals surface area contributed by atoms with Crippen LogP contribution in [0.5, 0.6) is 5.88 Å². The zero-order valence-corrected chi connectivity index (χ0v) is 20.6. The van der Waals surface area contributed by atoms with Crippen LogP contribution in [0.1, 0.15) is 35.7 Å². The van der Waals surface area contributed by atoms with Crippen molar-refractivity contribution in [2.24, 2.45) is 7.05 Å². The number of nitrogens with zero attached hydrogens (tertiary/aromatic N) is 7. The van der Waals surface area contributed by atoms with Crippen molar-refractivity contribution in [3.05, 3.63) is 72.2 Å². The third kappa shape index (κ3) is 4.42. The lowest BCUT2D eigenvalue weighted by Crippen LogP contribution is -2.08. The Bertz CT molecular complexity index is 1620. The van der Waals surface area contributed by atoms with Crippen LogP contribution in [0.25, 0.3) is 28.3 Å². The minimum Gasteiger partial charge on any atom is -0.480 e. The Morgan fingerprint density at radius 1 is 1.08 bits per heavy atom. The second-order valence-electron chi connectivity index (χ2n) is 9.15. The lowest BCUT2D eigenvalue weighted by atomic mass is 10.1. The van der Waals surface area contributed by atoms with Crippen molar-refractivity contribution >= 4 is 11.6 Å². The molecule has 0 amide bonds. The molecular weight excluding hydrogens is 497 g/mol.